The molecule has 0 aliphatic rings. The maximum absolute atomic E-state index is 12.3. The third-order valence-corrected chi connectivity index (χ3v) is 3.55. The molecule has 2 rings (SSSR count). The van der Waals surface area contributed by atoms with Gasteiger partial charge in [-0.1, -0.05) is 48.5 Å². The average molecular weight is 269 g/mol. The van der Waals surface area contributed by atoms with Crippen molar-refractivity contribution in [1.29, 1.82) is 0 Å². The average Bonchev–Trinajstić information content (AvgIpc) is 2.53. The highest BCUT2D eigenvalue weighted by Crippen LogP contribution is 2.21. The molecule has 2 unspecified atom stereocenters. The van der Waals surface area contributed by atoms with Crippen LogP contribution < -0.4 is 0 Å². The lowest BCUT2D eigenvalue weighted by molar-refractivity contribution is 0.0487. The number of carbonyl (C=O) groups is 1. The van der Waals surface area contributed by atoms with Gasteiger partial charge in [0.1, 0.15) is 0 Å². The van der Waals surface area contributed by atoms with Gasteiger partial charge in [0.05, 0.1) is 12.1 Å². The Morgan fingerprint density at radius 2 is 1.50 bits per heavy atom. The van der Waals surface area contributed by atoms with E-state index in [4.69, 9.17) is 0 Å². The molecular formula is C17H19NO2. The number of aliphatic hydroxyl groups excluding tert-OH is 1. The minimum Gasteiger partial charge on any atom is -0.386 e. The highest BCUT2D eigenvalue weighted by Gasteiger charge is 2.24. The number of amides is 1. The molecule has 104 valence electrons. The van der Waals surface area contributed by atoms with Crippen LogP contribution in [0.1, 0.15) is 28.9 Å². The number of hydrogen-bond acceptors (Lipinski definition) is 2. The molecule has 0 aliphatic carbocycles. The normalized spacial score (nSPS) is 13.6. The summed E-state index contributed by atoms with van der Waals surface area (Å²) in [4.78, 5) is 13.9. The van der Waals surface area contributed by atoms with Gasteiger partial charge in [0, 0.05) is 12.6 Å². The third-order valence-electron chi connectivity index (χ3n) is 3.55. The number of hydrogen-bond donors (Lipinski definition) is 1. The largest absolute Gasteiger partial charge is 0.386 e. The van der Waals surface area contributed by atoms with E-state index in [1.54, 1.807) is 24.1 Å². The SMILES string of the molecule is CC(C(O)c1ccccc1)N(C)C(=O)c1ccccc1. The zero-order valence-electron chi connectivity index (χ0n) is 11.7. The van der Waals surface area contributed by atoms with E-state index in [1.165, 1.54) is 0 Å². The molecule has 0 aliphatic heterocycles. The molecule has 0 saturated heterocycles. The molecule has 2 aromatic rings. The zero-order chi connectivity index (χ0) is 14.5. The van der Waals surface area contributed by atoms with Crippen LogP contribution in [-0.4, -0.2) is 29.0 Å². The molecule has 3 heteroatoms. The topological polar surface area (TPSA) is 40.5 Å². The highest BCUT2D eigenvalue weighted by molar-refractivity contribution is 5.94. The summed E-state index contributed by atoms with van der Waals surface area (Å²) in [7, 11) is 1.71. The highest BCUT2D eigenvalue weighted by atomic mass is 16.3. The van der Waals surface area contributed by atoms with Crippen molar-refractivity contribution in [3.8, 4) is 0 Å². The minimum absolute atomic E-state index is 0.0897. The Kier molecular flexibility index (Phi) is 4.53. The van der Waals surface area contributed by atoms with Gasteiger partial charge in [0.2, 0.25) is 0 Å². The van der Waals surface area contributed by atoms with Crippen LogP contribution in [0, 0.1) is 0 Å². The molecule has 1 N–H and O–H groups in total. The van der Waals surface area contributed by atoms with Crippen molar-refractivity contribution in [3.63, 3.8) is 0 Å². The van der Waals surface area contributed by atoms with Crippen molar-refractivity contribution >= 4 is 5.91 Å². The van der Waals surface area contributed by atoms with Gasteiger partial charge in [-0.15, -0.1) is 0 Å². The molecule has 0 heterocycles. The van der Waals surface area contributed by atoms with E-state index in [0.717, 1.165) is 5.56 Å². The van der Waals surface area contributed by atoms with Gasteiger partial charge in [-0.2, -0.15) is 0 Å². The molecule has 0 saturated carbocycles. The van der Waals surface area contributed by atoms with Crippen LogP contribution in [0.4, 0.5) is 0 Å². The Morgan fingerprint density at radius 3 is 2.05 bits per heavy atom. The number of benzene rings is 2. The summed E-state index contributed by atoms with van der Waals surface area (Å²) >= 11 is 0. The van der Waals surface area contributed by atoms with Crippen LogP contribution in [0.2, 0.25) is 0 Å². The molecule has 20 heavy (non-hydrogen) atoms. The van der Waals surface area contributed by atoms with E-state index < -0.39 is 6.10 Å². The maximum atomic E-state index is 12.3. The van der Waals surface area contributed by atoms with Crippen LogP contribution in [0.3, 0.4) is 0 Å². The van der Waals surface area contributed by atoms with E-state index in [1.807, 2.05) is 55.5 Å². The molecule has 0 spiro atoms. The van der Waals surface area contributed by atoms with Crippen molar-refractivity contribution < 1.29 is 9.90 Å². The lowest BCUT2D eigenvalue weighted by Gasteiger charge is -2.29. The summed E-state index contributed by atoms with van der Waals surface area (Å²) in [5.74, 6) is -0.0897. The molecule has 0 aromatic heterocycles. The number of aliphatic hydroxyl groups is 1. The number of nitrogens with zero attached hydrogens (tertiary/aromatic N) is 1. The van der Waals surface area contributed by atoms with Crippen LogP contribution >= 0.6 is 0 Å². The van der Waals surface area contributed by atoms with E-state index in [-0.39, 0.29) is 11.9 Å². The van der Waals surface area contributed by atoms with Crippen molar-refractivity contribution in [2.24, 2.45) is 0 Å². The van der Waals surface area contributed by atoms with E-state index in [2.05, 4.69) is 0 Å². The van der Waals surface area contributed by atoms with Gasteiger partial charge in [-0.25, -0.2) is 0 Å². The van der Waals surface area contributed by atoms with E-state index in [0.29, 0.717) is 5.56 Å². The summed E-state index contributed by atoms with van der Waals surface area (Å²) < 4.78 is 0. The fraction of sp³-hybridized carbons (Fsp3) is 0.235. The van der Waals surface area contributed by atoms with Crippen molar-refractivity contribution in [1.82, 2.24) is 4.90 Å². The lowest BCUT2D eigenvalue weighted by atomic mass is 10.0. The molecule has 2 atom stereocenters. The summed E-state index contributed by atoms with van der Waals surface area (Å²) in [5, 5.41) is 10.4. The first-order chi connectivity index (χ1) is 9.61. The molecule has 0 fully saturated rings. The van der Waals surface area contributed by atoms with Crippen molar-refractivity contribution in [2.45, 2.75) is 19.1 Å². The van der Waals surface area contributed by atoms with Gasteiger partial charge in [-0.3, -0.25) is 4.79 Å². The molecule has 0 radical (unpaired) electrons. The standard InChI is InChI=1S/C17H19NO2/c1-13(16(19)14-9-5-3-6-10-14)18(2)17(20)15-11-7-4-8-12-15/h3-13,16,19H,1-2H3. The first-order valence-corrected chi connectivity index (χ1v) is 6.66. The second-order valence-corrected chi connectivity index (χ2v) is 4.88. The zero-order valence-corrected chi connectivity index (χ0v) is 11.7. The predicted octanol–water partition coefficient (Wildman–Crippen LogP) is 2.88. The van der Waals surface area contributed by atoms with Gasteiger partial charge in [0.25, 0.3) is 5.91 Å². The minimum atomic E-state index is -0.700. The maximum Gasteiger partial charge on any atom is 0.253 e. The Bertz CT molecular complexity index is 554. The second kappa shape index (κ2) is 6.35. The Morgan fingerprint density at radius 1 is 1.00 bits per heavy atom. The van der Waals surface area contributed by atoms with Gasteiger partial charge in [0.15, 0.2) is 0 Å². The van der Waals surface area contributed by atoms with Crippen LogP contribution in [-0.2, 0) is 0 Å². The van der Waals surface area contributed by atoms with Crippen LogP contribution in [0.15, 0.2) is 60.7 Å². The number of carbonyl (C=O) groups excluding carboxylic acids is 1. The third kappa shape index (κ3) is 3.06. The van der Waals surface area contributed by atoms with Gasteiger partial charge in [-0.05, 0) is 24.6 Å². The van der Waals surface area contributed by atoms with Crippen LogP contribution in [0.25, 0.3) is 0 Å². The summed E-state index contributed by atoms with van der Waals surface area (Å²) in [6.45, 7) is 1.85. The lowest BCUT2D eigenvalue weighted by Crippen LogP contribution is -2.39. The monoisotopic (exact) mass is 269 g/mol. The molecule has 2 aromatic carbocycles. The number of likely N-dealkylation sites (N-methyl/N-ethyl adjacent to an activating group) is 1. The summed E-state index contributed by atoms with van der Waals surface area (Å²) in [6.07, 6.45) is -0.700. The van der Waals surface area contributed by atoms with E-state index in [9.17, 15) is 9.90 Å². The summed E-state index contributed by atoms with van der Waals surface area (Å²) in [5.41, 5.74) is 1.44. The predicted molar refractivity (Wildman–Crippen MR) is 79.4 cm³/mol. The van der Waals surface area contributed by atoms with E-state index >= 15 is 0 Å². The Hall–Kier alpha value is -2.13. The van der Waals surface area contributed by atoms with Crippen molar-refractivity contribution in [3.05, 3.63) is 71.8 Å². The fourth-order valence-electron chi connectivity index (χ4n) is 2.11. The van der Waals surface area contributed by atoms with Gasteiger partial charge < -0.3 is 10.0 Å². The van der Waals surface area contributed by atoms with Crippen molar-refractivity contribution in [2.75, 3.05) is 7.05 Å². The number of rotatable bonds is 4. The fourth-order valence-corrected chi connectivity index (χ4v) is 2.11. The molecule has 3 nitrogen and oxygen atoms in total. The Labute approximate surface area is 119 Å². The second-order valence-electron chi connectivity index (χ2n) is 4.88. The molecular weight excluding hydrogens is 250 g/mol. The van der Waals surface area contributed by atoms with Gasteiger partial charge >= 0.3 is 0 Å². The smallest absolute Gasteiger partial charge is 0.253 e. The van der Waals surface area contributed by atoms with Crippen LogP contribution in [0.5, 0.6) is 0 Å². The first-order valence-electron chi connectivity index (χ1n) is 6.66. The molecule has 0 bridgehead atoms. The molecule has 1 amide bonds. The first kappa shape index (κ1) is 14.3. The Balaban J connectivity index is 2.13. The summed E-state index contributed by atoms with van der Waals surface area (Å²) in [6, 6.07) is 18.2. The quantitative estimate of drug-likeness (QED) is 0.927.